The van der Waals surface area contributed by atoms with E-state index in [9.17, 15) is 18.0 Å². The SMILES string of the molecule is COc1ccc(N(CC(=O)N/N=C\c2ccc(OCC(=O)OC(C)(C)C)cc2)S(C)(=O)=O)cc1Cl. The highest BCUT2D eigenvalue weighted by Crippen LogP contribution is 2.30. The van der Waals surface area contributed by atoms with Gasteiger partial charge in [-0.05, 0) is 68.8 Å². The molecule has 0 heterocycles. The number of carbonyl (C=O) groups is 2. The lowest BCUT2D eigenvalue weighted by atomic mass is 10.2. The predicted molar refractivity (Wildman–Crippen MR) is 134 cm³/mol. The topological polar surface area (TPSA) is 124 Å². The van der Waals surface area contributed by atoms with E-state index in [2.05, 4.69) is 10.5 Å². The van der Waals surface area contributed by atoms with E-state index in [-0.39, 0.29) is 17.3 Å². The molecule has 0 bridgehead atoms. The Bertz CT molecular complexity index is 1180. The van der Waals surface area contributed by atoms with Gasteiger partial charge < -0.3 is 14.2 Å². The first kappa shape index (κ1) is 27.9. The lowest BCUT2D eigenvalue weighted by Gasteiger charge is -2.22. The molecule has 0 saturated carbocycles. The molecule has 0 radical (unpaired) electrons. The highest BCUT2D eigenvalue weighted by Gasteiger charge is 2.22. The molecule has 0 aromatic heterocycles. The van der Waals surface area contributed by atoms with Crippen molar-refractivity contribution in [2.75, 3.05) is 30.8 Å². The Kier molecular flexibility index (Phi) is 9.49. The Hall–Kier alpha value is -3.31. The van der Waals surface area contributed by atoms with Crippen LogP contribution in [0.5, 0.6) is 11.5 Å². The maximum Gasteiger partial charge on any atom is 0.344 e. The number of hydrogen-bond donors (Lipinski definition) is 1. The monoisotopic (exact) mass is 525 g/mol. The van der Waals surface area contributed by atoms with Crippen LogP contribution in [0.25, 0.3) is 0 Å². The van der Waals surface area contributed by atoms with Crippen LogP contribution < -0.4 is 19.2 Å². The molecule has 0 saturated heterocycles. The van der Waals surface area contributed by atoms with Crippen LogP contribution in [0, 0.1) is 0 Å². The van der Waals surface area contributed by atoms with Crippen LogP contribution >= 0.6 is 11.6 Å². The molecule has 35 heavy (non-hydrogen) atoms. The first-order valence-corrected chi connectivity index (χ1v) is 12.6. The van der Waals surface area contributed by atoms with E-state index in [0.29, 0.717) is 17.1 Å². The summed E-state index contributed by atoms with van der Waals surface area (Å²) in [6, 6.07) is 11.0. The number of esters is 1. The molecule has 0 aliphatic rings. The van der Waals surface area contributed by atoms with Crippen molar-refractivity contribution >= 4 is 45.4 Å². The molecule has 12 heteroatoms. The van der Waals surface area contributed by atoms with Gasteiger partial charge in [-0.15, -0.1) is 0 Å². The summed E-state index contributed by atoms with van der Waals surface area (Å²) in [7, 11) is -2.34. The van der Waals surface area contributed by atoms with Gasteiger partial charge in [0.1, 0.15) is 23.6 Å². The number of anilines is 1. The molecule has 2 aromatic carbocycles. The van der Waals surface area contributed by atoms with Gasteiger partial charge in [0.05, 0.1) is 30.3 Å². The van der Waals surface area contributed by atoms with Gasteiger partial charge >= 0.3 is 5.97 Å². The van der Waals surface area contributed by atoms with Crippen LogP contribution in [0.2, 0.25) is 5.02 Å². The average molecular weight is 526 g/mol. The Morgan fingerprint density at radius 3 is 2.34 bits per heavy atom. The highest BCUT2D eigenvalue weighted by molar-refractivity contribution is 7.92. The van der Waals surface area contributed by atoms with E-state index in [0.717, 1.165) is 10.6 Å². The second-order valence-corrected chi connectivity index (χ2v) is 10.6. The number of methoxy groups -OCH3 is 1. The Labute approximate surface area is 209 Å². The van der Waals surface area contributed by atoms with Gasteiger partial charge in [0, 0.05) is 0 Å². The van der Waals surface area contributed by atoms with E-state index in [1.807, 2.05) is 0 Å². The molecule has 2 rings (SSSR count). The van der Waals surface area contributed by atoms with Gasteiger partial charge in [-0.1, -0.05) is 11.6 Å². The third-order valence-electron chi connectivity index (χ3n) is 4.17. The van der Waals surface area contributed by atoms with Crippen LogP contribution in [0.15, 0.2) is 47.6 Å². The summed E-state index contributed by atoms with van der Waals surface area (Å²) in [5.41, 5.74) is 2.54. The molecule has 10 nitrogen and oxygen atoms in total. The molecular formula is C23H28ClN3O7S. The van der Waals surface area contributed by atoms with Crippen LogP contribution in [0.4, 0.5) is 5.69 Å². The minimum atomic E-state index is -3.78. The van der Waals surface area contributed by atoms with Crippen molar-refractivity contribution in [1.29, 1.82) is 0 Å². The molecule has 0 atom stereocenters. The van der Waals surface area contributed by atoms with Crippen molar-refractivity contribution in [2.45, 2.75) is 26.4 Å². The summed E-state index contributed by atoms with van der Waals surface area (Å²) in [6.45, 7) is 4.58. The van der Waals surface area contributed by atoms with Crippen LogP contribution in [-0.4, -0.2) is 58.6 Å². The van der Waals surface area contributed by atoms with Crippen LogP contribution in [0.1, 0.15) is 26.3 Å². The van der Waals surface area contributed by atoms with E-state index in [1.165, 1.54) is 31.5 Å². The summed E-state index contributed by atoms with van der Waals surface area (Å²) >= 11 is 6.08. The normalized spacial score (nSPS) is 11.7. The lowest BCUT2D eigenvalue weighted by molar-refractivity contribution is -0.157. The zero-order valence-electron chi connectivity index (χ0n) is 20.1. The minimum Gasteiger partial charge on any atom is -0.495 e. The summed E-state index contributed by atoms with van der Waals surface area (Å²) in [5, 5.41) is 4.06. The largest absolute Gasteiger partial charge is 0.495 e. The molecule has 1 N–H and O–H groups in total. The Balaban J connectivity index is 1.94. The molecule has 2 aromatic rings. The number of amides is 1. The first-order valence-electron chi connectivity index (χ1n) is 10.4. The second-order valence-electron chi connectivity index (χ2n) is 8.33. The fraction of sp³-hybridized carbons (Fsp3) is 0.348. The van der Waals surface area contributed by atoms with E-state index < -0.39 is 34.0 Å². The number of rotatable bonds is 10. The molecule has 0 spiro atoms. The number of hydrogen-bond acceptors (Lipinski definition) is 8. The van der Waals surface area contributed by atoms with E-state index in [1.54, 1.807) is 45.0 Å². The van der Waals surface area contributed by atoms with Crippen molar-refractivity contribution in [3.05, 3.63) is 53.1 Å². The third-order valence-corrected chi connectivity index (χ3v) is 5.61. The average Bonchev–Trinajstić information content (AvgIpc) is 2.75. The maximum atomic E-state index is 12.3. The quantitative estimate of drug-likeness (QED) is 0.287. The van der Waals surface area contributed by atoms with Crippen LogP contribution in [-0.2, 0) is 24.3 Å². The number of halogens is 1. The van der Waals surface area contributed by atoms with Crippen molar-refractivity contribution in [3.63, 3.8) is 0 Å². The predicted octanol–water partition coefficient (Wildman–Crippen LogP) is 2.99. The summed E-state index contributed by atoms with van der Waals surface area (Å²) in [5.74, 6) is -0.306. The molecular weight excluding hydrogens is 498 g/mol. The summed E-state index contributed by atoms with van der Waals surface area (Å²) < 4.78 is 41.0. The number of sulfonamides is 1. The van der Waals surface area contributed by atoms with Gasteiger partial charge in [0.2, 0.25) is 10.0 Å². The number of hydrazone groups is 1. The number of nitrogens with zero attached hydrogens (tertiary/aromatic N) is 2. The standard InChI is InChI=1S/C23H28ClN3O7S/c1-23(2,3)34-22(29)15-33-18-9-6-16(7-10-18)13-25-26-21(28)14-27(35(5,30)31)17-8-11-20(32-4)19(24)12-17/h6-13H,14-15H2,1-5H3,(H,26,28)/b25-13-. The fourth-order valence-electron chi connectivity index (χ4n) is 2.72. The second kappa shape index (κ2) is 11.9. The zero-order valence-corrected chi connectivity index (χ0v) is 21.6. The Morgan fingerprint density at radius 1 is 1.14 bits per heavy atom. The molecule has 1 amide bonds. The van der Waals surface area contributed by atoms with Gasteiger partial charge in [0.15, 0.2) is 6.61 Å². The zero-order chi connectivity index (χ0) is 26.2. The van der Waals surface area contributed by atoms with Crippen molar-refractivity contribution in [1.82, 2.24) is 5.43 Å². The fourth-order valence-corrected chi connectivity index (χ4v) is 3.82. The smallest absolute Gasteiger partial charge is 0.344 e. The minimum absolute atomic E-state index is 0.204. The maximum absolute atomic E-state index is 12.3. The molecule has 0 fully saturated rings. The molecule has 0 unspecified atom stereocenters. The van der Waals surface area contributed by atoms with E-state index >= 15 is 0 Å². The molecule has 0 aliphatic heterocycles. The van der Waals surface area contributed by atoms with Gasteiger partial charge in [0.25, 0.3) is 5.91 Å². The van der Waals surface area contributed by atoms with Gasteiger partial charge in [-0.25, -0.2) is 18.6 Å². The highest BCUT2D eigenvalue weighted by atomic mass is 35.5. The lowest BCUT2D eigenvalue weighted by Crippen LogP contribution is -2.39. The van der Waals surface area contributed by atoms with Gasteiger partial charge in [-0.3, -0.25) is 9.10 Å². The molecule has 0 aliphatic carbocycles. The van der Waals surface area contributed by atoms with Crippen molar-refractivity contribution < 1.29 is 32.2 Å². The molecule has 190 valence electrons. The number of nitrogens with one attached hydrogen (secondary N) is 1. The van der Waals surface area contributed by atoms with E-state index in [4.69, 9.17) is 25.8 Å². The van der Waals surface area contributed by atoms with Gasteiger partial charge in [-0.2, -0.15) is 5.10 Å². The van der Waals surface area contributed by atoms with Crippen LogP contribution in [0.3, 0.4) is 0 Å². The Morgan fingerprint density at radius 2 is 1.80 bits per heavy atom. The number of ether oxygens (including phenoxy) is 3. The van der Waals surface area contributed by atoms with Crippen molar-refractivity contribution in [2.24, 2.45) is 5.10 Å². The third kappa shape index (κ3) is 9.45. The first-order chi connectivity index (χ1) is 16.3. The summed E-state index contributed by atoms with van der Waals surface area (Å²) in [6.07, 6.45) is 2.36. The number of benzene rings is 2. The number of carbonyl (C=O) groups excluding carboxylic acids is 2. The summed E-state index contributed by atoms with van der Waals surface area (Å²) in [4.78, 5) is 24.0. The van der Waals surface area contributed by atoms with Crippen molar-refractivity contribution in [3.8, 4) is 11.5 Å².